The number of amides is 1. The van der Waals surface area contributed by atoms with Crippen LogP contribution in [0.4, 0.5) is 5.13 Å². The van der Waals surface area contributed by atoms with Crippen LogP contribution in [0.5, 0.6) is 0 Å². The molecule has 1 amide bonds. The molecule has 3 N–H and O–H groups in total. The Morgan fingerprint density at radius 2 is 1.86 bits per heavy atom. The van der Waals surface area contributed by atoms with Crippen LogP contribution in [0.3, 0.4) is 0 Å². The summed E-state index contributed by atoms with van der Waals surface area (Å²) in [7, 11) is -3.83. The Hall–Kier alpha value is -1.84. The van der Waals surface area contributed by atoms with E-state index < -0.39 is 15.9 Å². The number of anilines is 1. The number of carbonyl (C=O) groups is 1. The third-order valence-electron chi connectivity index (χ3n) is 2.70. The molecule has 0 aliphatic carbocycles. The highest BCUT2D eigenvalue weighted by Crippen LogP contribution is 2.26. The van der Waals surface area contributed by atoms with Crippen molar-refractivity contribution in [2.45, 2.75) is 25.0 Å². The monoisotopic (exact) mass is 326 g/mol. The van der Waals surface area contributed by atoms with Gasteiger partial charge in [-0.1, -0.05) is 11.3 Å². The van der Waals surface area contributed by atoms with Gasteiger partial charge in [-0.2, -0.15) is 0 Å². The number of carbonyl (C=O) groups excluding carboxylic acids is 1. The molecule has 9 heteroatoms. The minimum Gasteiger partial charge on any atom is -0.298 e. The van der Waals surface area contributed by atoms with Gasteiger partial charge in [0.05, 0.1) is 17.0 Å². The Morgan fingerprint density at radius 1 is 1.19 bits per heavy atom. The van der Waals surface area contributed by atoms with Gasteiger partial charge in [0, 0.05) is 5.69 Å². The van der Waals surface area contributed by atoms with Crippen LogP contribution in [-0.2, 0) is 10.0 Å². The van der Waals surface area contributed by atoms with Gasteiger partial charge in [0.15, 0.2) is 9.34 Å². The molecular weight excluding hydrogens is 312 g/mol. The van der Waals surface area contributed by atoms with Crippen molar-refractivity contribution in [1.82, 2.24) is 9.97 Å². The predicted molar refractivity (Wildman–Crippen MR) is 79.9 cm³/mol. The molecule has 2 heterocycles. The van der Waals surface area contributed by atoms with Gasteiger partial charge in [-0.25, -0.2) is 18.5 Å². The van der Waals surface area contributed by atoms with E-state index in [1.807, 2.05) is 6.92 Å². The van der Waals surface area contributed by atoms with Crippen LogP contribution in [0.25, 0.3) is 0 Å². The van der Waals surface area contributed by atoms with E-state index in [0.29, 0.717) is 11.3 Å². The van der Waals surface area contributed by atoms with Gasteiger partial charge in [-0.15, -0.1) is 0 Å². The van der Waals surface area contributed by atoms with Crippen molar-refractivity contribution in [3.05, 3.63) is 34.8 Å². The molecule has 0 aliphatic rings. The molecular formula is C12H14N4O3S2. The summed E-state index contributed by atoms with van der Waals surface area (Å²) in [6.45, 7) is 5.08. The first-order chi connectivity index (χ1) is 9.68. The third kappa shape index (κ3) is 3.43. The minimum absolute atomic E-state index is 0.0587. The normalized spacial score (nSPS) is 11.4. The van der Waals surface area contributed by atoms with Gasteiger partial charge in [0.25, 0.3) is 5.91 Å². The van der Waals surface area contributed by atoms with Crippen LogP contribution in [0.15, 0.2) is 16.3 Å². The molecule has 0 aliphatic heterocycles. The van der Waals surface area contributed by atoms with E-state index in [1.54, 1.807) is 19.1 Å². The van der Waals surface area contributed by atoms with Crippen LogP contribution in [-0.4, -0.2) is 24.3 Å². The van der Waals surface area contributed by atoms with E-state index in [0.717, 1.165) is 17.0 Å². The number of pyridine rings is 1. The first-order valence-corrected chi connectivity index (χ1v) is 8.30. The Balaban J connectivity index is 2.28. The van der Waals surface area contributed by atoms with Gasteiger partial charge < -0.3 is 0 Å². The molecule has 0 radical (unpaired) electrons. The fourth-order valence-electron chi connectivity index (χ4n) is 1.79. The number of rotatable bonds is 3. The van der Waals surface area contributed by atoms with Crippen LogP contribution >= 0.6 is 11.3 Å². The molecule has 21 heavy (non-hydrogen) atoms. The van der Waals surface area contributed by atoms with Crippen LogP contribution in [0.1, 0.15) is 27.4 Å². The average Bonchev–Trinajstić information content (AvgIpc) is 2.69. The number of sulfonamides is 1. The summed E-state index contributed by atoms with van der Waals surface area (Å²) < 4.78 is 22.6. The summed E-state index contributed by atoms with van der Waals surface area (Å²) in [6.07, 6.45) is 0. The van der Waals surface area contributed by atoms with Crippen LogP contribution < -0.4 is 10.5 Å². The number of nitrogens with one attached hydrogen (secondary N) is 1. The van der Waals surface area contributed by atoms with Gasteiger partial charge in [-0.05, 0) is 32.9 Å². The molecule has 0 unspecified atom stereocenters. The van der Waals surface area contributed by atoms with Crippen molar-refractivity contribution < 1.29 is 13.2 Å². The summed E-state index contributed by atoms with van der Waals surface area (Å²) in [4.78, 5) is 20.4. The molecule has 2 aromatic rings. The SMILES string of the molecule is Cc1ccc(C(=O)Nc2nc(C)c(S(N)(=O)=O)s2)c(C)n1. The van der Waals surface area contributed by atoms with E-state index in [4.69, 9.17) is 5.14 Å². The highest BCUT2D eigenvalue weighted by atomic mass is 32.2. The maximum atomic E-state index is 12.2. The molecule has 0 fully saturated rings. The van der Waals surface area contributed by atoms with Crippen molar-refractivity contribution in [3.63, 3.8) is 0 Å². The molecule has 0 atom stereocenters. The van der Waals surface area contributed by atoms with Crippen molar-refractivity contribution in [3.8, 4) is 0 Å². The fraction of sp³-hybridized carbons (Fsp3) is 0.250. The average molecular weight is 326 g/mol. The Labute approximate surface area is 126 Å². The smallest absolute Gasteiger partial charge is 0.259 e. The summed E-state index contributed by atoms with van der Waals surface area (Å²) in [5.74, 6) is -0.394. The van der Waals surface area contributed by atoms with Gasteiger partial charge in [-0.3, -0.25) is 15.1 Å². The van der Waals surface area contributed by atoms with E-state index in [2.05, 4.69) is 15.3 Å². The lowest BCUT2D eigenvalue weighted by Crippen LogP contribution is -2.14. The summed E-state index contributed by atoms with van der Waals surface area (Å²) in [5, 5.41) is 7.82. The molecule has 7 nitrogen and oxygen atoms in total. The van der Waals surface area contributed by atoms with Crippen LogP contribution in [0.2, 0.25) is 0 Å². The minimum atomic E-state index is -3.83. The zero-order valence-electron chi connectivity index (χ0n) is 11.7. The van der Waals surface area contributed by atoms with Gasteiger partial charge >= 0.3 is 0 Å². The second-order valence-corrected chi connectivity index (χ2v) is 7.23. The maximum absolute atomic E-state index is 12.2. The Morgan fingerprint density at radius 3 is 2.38 bits per heavy atom. The molecule has 0 spiro atoms. The standard InChI is InChI=1S/C12H14N4O3S2/c1-6-4-5-9(7(2)14-6)10(17)16-12-15-8(3)11(20-12)21(13,18)19/h4-5H,1-3H3,(H2,13,18,19)(H,15,16,17). The number of aryl methyl sites for hydroxylation is 3. The third-order valence-corrected chi connectivity index (χ3v) is 5.33. The second-order valence-electron chi connectivity index (χ2n) is 4.48. The summed E-state index contributed by atoms with van der Waals surface area (Å²) >= 11 is 0.822. The zero-order valence-corrected chi connectivity index (χ0v) is 13.3. The van der Waals surface area contributed by atoms with Crippen molar-refractivity contribution >= 4 is 32.4 Å². The number of thiazole rings is 1. The molecule has 2 aromatic heterocycles. The summed E-state index contributed by atoms with van der Waals surface area (Å²) in [6, 6.07) is 3.39. The summed E-state index contributed by atoms with van der Waals surface area (Å²) in [5.41, 5.74) is 2.07. The lowest BCUT2D eigenvalue weighted by Gasteiger charge is -2.05. The van der Waals surface area contributed by atoms with Crippen molar-refractivity contribution in [1.29, 1.82) is 0 Å². The van der Waals surface area contributed by atoms with E-state index in [1.165, 1.54) is 6.92 Å². The van der Waals surface area contributed by atoms with E-state index >= 15 is 0 Å². The molecule has 0 bridgehead atoms. The van der Waals surface area contributed by atoms with Crippen LogP contribution in [0, 0.1) is 20.8 Å². The Bertz CT molecular complexity index is 812. The number of nitrogens with two attached hydrogens (primary N) is 1. The number of hydrogen-bond acceptors (Lipinski definition) is 6. The number of hydrogen-bond donors (Lipinski definition) is 2. The van der Waals surface area contributed by atoms with E-state index in [9.17, 15) is 13.2 Å². The lowest BCUT2D eigenvalue weighted by molar-refractivity contribution is 0.102. The number of nitrogens with zero attached hydrogens (tertiary/aromatic N) is 2. The molecule has 2 rings (SSSR count). The first-order valence-electron chi connectivity index (χ1n) is 5.94. The first kappa shape index (κ1) is 15.5. The zero-order chi connectivity index (χ0) is 15.8. The van der Waals surface area contributed by atoms with Crippen molar-refractivity contribution in [2.75, 3.05) is 5.32 Å². The second kappa shape index (κ2) is 5.51. The molecule has 112 valence electrons. The number of aromatic nitrogens is 2. The van der Waals surface area contributed by atoms with E-state index in [-0.39, 0.29) is 15.0 Å². The topological polar surface area (TPSA) is 115 Å². The van der Waals surface area contributed by atoms with Crippen molar-refractivity contribution in [2.24, 2.45) is 5.14 Å². The molecule has 0 saturated heterocycles. The Kier molecular flexibility index (Phi) is 4.08. The molecule has 0 saturated carbocycles. The van der Waals surface area contributed by atoms with Gasteiger partial charge in [0.1, 0.15) is 0 Å². The largest absolute Gasteiger partial charge is 0.298 e. The number of primary sulfonamides is 1. The molecule has 0 aromatic carbocycles. The fourth-order valence-corrected chi connectivity index (χ4v) is 3.64. The van der Waals surface area contributed by atoms with Gasteiger partial charge in [0.2, 0.25) is 10.0 Å². The lowest BCUT2D eigenvalue weighted by atomic mass is 10.2. The highest BCUT2D eigenvalue weighted by molar-refractivity contribution is 7.91. The predicted octanol–water partition coefficient (Wildman–Crippen LogP) is 1.36. The maximum Gasteiger partial charge on any atom is 0.259 e. The highest BCUT2D eigenvalue weighted by Gasteiger charge is 2.19. The quantitative estimate of drug-likeness (QED) is 0.883.